The Bertz CT molecular complexity index is 1720. The van der Waals surface area contributed by atoms with Crippen molar-refractivity contribution in [2.24, 2.45) is 0 Å². The molecular formula is C87H165NO10. The van der Waals surface area contributed by atoms with E-state index in [2.05, 4.69) is 43.5 Å². The van der Waals surface area contributed by atoms with Gasteiger partial charge in [-0.3, -0.25) is 9.59 Å². The minimum Gasteiger partial charge on any atom is -0.466 e. The van der Waals surface area contributed by atoms with Crippen LogP contribution in [-0.4, -0.2) is 100 Å². The lowest BCUT2D eigenvalue weighted by Crippen LogP contribution is -2.60. The van der Waals surface area contributed by atoms with E-state index in [1.807, 2.05) is 6.08 Å². The van der Waals surface area contributed by atoms with Crippen LogP contribution >= 0.6 is 0 Å². The summed E-state index contributed by atoms with van der Waals surface area (Å²) in [7, 11) is 0. The first-order valence-corrected chi connectivity index (χ1v) is 43.3. The van der Waals surface area contributed by atoms with E-state index in [1.54, 1.807) is 6.08 Å². The Morgan fingerprint density at radius 2 is 0.663 bits per heavy atom. The predicted octanol–water partition coefficient (Wildman–Crippen LogP) is 24.0. The molecule has 1 amide bonds. The number of hydrogen-bond donors (Lipinski definition) is 6. The number of nitrogens with one attached hydrogen (secondary N) is 1. The molecule has 0 aromatic carbocycles. The maximum absolute atomic E-state index is 13.1. The Hall–Kier alpha value is -2.12. The van der Waals surface area contributed by atoms with Crippen molar-refractivity contribution in [3.63, 3.8) is 0 Å². The molecule has 6 N–H and O–H groups in total. The number of amides is 1. The van der Waals surface area contributed by atoms with E-state index in [0.29, 0.717) is 19.4 Å². The van der Waals surface area contributed by atoms with E-state index < -0.39 is 49.5 Å². The van der Waals surface area contributed by atoms with Gasteiger partial charge < -0.3 is 45.1 Å². The minimum atomic E-state index is -1.58. The van der Waals surface area contributed by atoms with Crippen molar-refractivity contribution in [3.05, 3.63) is 36.5 Å². The summed E-state index contributed by atoms with van der Waals surface area (Å²) in [5.41, 5.74) is 0. The Labute approximate surface area is 606 Å². The summed E-state index contributed by atoms with van der Waals surface area (Å²) in [5.74, 6) is -0.165. The van der Waals surface area contributed by atoms with Gasteiger partial charge in [-0.1, -0.05) is 410 Å². The molecule has 0 saturated carbocycles. The van der Waals surface area contributed by atoms with E-state index in [1.165, 1.54) is 353 Å². The minimum absolute atomic E-state index is 0.0235. The van der Waals surface area contributed by atoms with Crippen LogP contribution in [0, 0.1) is 0 Å². The highest BCUT2D eigenvalue weighted by Crippen LogP contribution is 2.24. The molecule has 1 fully saturated rings. The second-order valence-corrected chi connectivity index (χ2v) is 30.2. The average Bonchev–Trinajstić information content (AvgIpc) is 0.831. The molecule has 98 heavy (non-hydrogen) atoms. The molecule has 0 radical (unpaired) electrons. The molecule has 1 rings (SSSR count). The molecule has 0 aromatic heterocycles. The summed E-state index contributed by atoms with van der Waals surface area (Å²) in [6.07, 6.45) is 90.8. The number of aliphatic hydroxyl groups excluding tert-OH is 5. The number of ether oxygens (including phenoxy) is 3. The first kappa shape index (κ1) is 93.9. The summed E-state index contributed by atoms with van der Waals surface area (Å²) < 4.78 is 16.8. The van der Waals surface area contributed by atoms with Crippen LogP contribution in [0.3, 0.4) is 0 Å². The molecular weight excluding hydrogens is 1220 g/mol. The van der Waals surface area contributed by atoms with Gasteiger partial charge in [0.05, 0.1) is 32.0 Å². The number of unbranched alkanes of at least 4 members (excludes halogenated alkanes) is 60. The summed E-state index contributed by atoms with van der Waals surface area (Å²) >= 11 is 0. The van der Waals surface area contributed by atoms with Crippen LogP contribution in [0.2, 0.25) is 0 Å². The standard InChI is InChI=1S/C87H165NO10/c1-3-5-7-9-11-13-15-17-18-19-44-47-51-55-59-63-67-71-75-83(92)96-76-72-68-64-60-56-52-48-45-42-40-38-36-34-32-30-28-26-24-22-20-21-23-25-27-29-31-33-35-37-39-41-43-46-50-54-58-62-66-70-74-82(91)88-79(78-97-87-86(95)85(94)84(93)81(77-89)98-87)80(90)73-69-65-61-57-53-49-16-14-12-10-8-6-4-2/h12,14,53,57,69,73,79-81,84-87,89-90,93-95H,3-11,13,15-52,54-56,58-68,70-72,74-78H2,1-2H3,(H,88,91)/b14-12+,57-53+,73-69+. The quantitative estimate of drug-likeness (QED) is 0.0195. The van der Waals surface area contributed by atoms with Gasteiger partial charge in [-0.15, -0.1) is 0 Å². The first-order chi connectivity index (χ1) is 48.2. The zero-order valence-electron chi connectivity index (χ0n) is 64.8. The lowest BCUT2D eigenvalue weighted by atomic mass is 9.99. The maximum Gasteiger partial charge on any atom is 0.305 e. The molecule has 7 atom stereocenters. The van der Waals surface area contributed by atoms with Crippen molar-refractivity contribution in [3.8, 4) is 0 Å². The molecule has 1 aliphatic rings. The van der Waals surface area contributed by atoms with E-state index in [-0.39, 0.29) is 18.5 Å². The van der Waals surface area contributed by atoms with Gasteiger partial charge in [-0.2, -0.15) is 0 Å². The van der Waals surface area contributed by atoms with Gasteiger partial charge in [-0.25, -0.2) is 0 Å². The largest absolute Gasteiger partial charge is 0.466 e. The predicted molar refractivity (Wildman–Crippen MR) is 417 cm³/mol. The highest BCUT2D eigenvalue weighted by Gasteiger charge is 2.44. The molecule has 11 nitrogen and oxygen atoms in total. The number of carbonyl (C=O) groups excluding carboxylic acids is 2. The number of hydrogen-bond acceptors (Lipinski definition) is 10. The van der Waals surface area contributed by atoms with Crippen LogP contribution in [0.15, 0.2) is 36.5 Å². The van der Waals surface area contributed by atoms with Gasteiger partial charge in [0.2, 0.25) is 5.91 Å². The van der Waals surface area contributed by atoms with Gasteiger partial charge in [-0.05, 0) is 57.8 Å². The molecule has 1 saturated heterocycles. The number of esters is 1. The fourth-order valence-corrected chi connectivity index (χ4v) is 14.0. The van der Waals surface area contributed by atoms with E-state index in [0.717, 1.165) is 64.2 Å². The normalized spacial score (nSPS) is 17.3. The number of carbonyl (C=O) groups is 2. The van der Waals surface area contributed by atoms with Gasteiger partial charge in [0, 0.05) is 12.8 Å². The zero-order valence-corrected chi connectivity index (χ0v) is 64.8. The Morgan fingerprint density at radius 3 is 1.01 bits per heavy atom. The molecule has 0 bridgehead atoms. The highest BCUT2D eigenvalue weighted by atomic mass is 16.7. The summed E-state index contributed by atoms with van der Waals surface area (Å²) in [6, 6.07) is -0.830. The Morgan fingerprint density at radius 1 is 0.367 bits per heavy atom. The maximum atomic E-state index is 13.1. The SMILES string of the molecule is CCCCC/C=C/CC/C=C/CC/C=C/C(O)C(COC1OC(CO)C(O)C(O)C1O)NC(=O)CCCCCCCCCCCCCCCCCCCCCCCCCCCCCCCCCCCCCCCCCOC(=O)CCCCCCCCCCCCCCCCCCCC. The van der Waals surface area contributed by atoms with Crippen LogP contribution < -0.4 is 5.32 Å². The number of aliphatic hydroxyl groups is 5. The van der Waals surface area contributed by atoms with Crippen LogP contribution in [0.4, 0.5) is 0 Å². The molecule has 0 aliphatic carbocycles. The third-order valence-electron chi connectivity index (χ3n) is 20.7. The number of allylic oxidation sites excluding steroid dienone is 5. The topological polar surface area (TPSA) is 175 Å². The summed E-state index contributed by atoms with van der Waals surface area (Å²) in [6.45, 7) is 4.36. The zero-order chi connectivity index (χ0) is 70.8. The highest BCUT2D eigenvalue weighted by molar-refractivity contribution is 5.76. The van der Waals surface area contributed by atoms with Crippen molar-refractivity contribution < 1.29 is 49.3 Å². The third-order valence-corrected chi connectivity index (χ3v) is 20.7. The van der Waals surface area contributed by atoms with Gasteiger partial charge in [0.25, 0.3) is 0 Å². The van der Waals surface area contributed by atoms with Gasteiger partial charge in [0.15, 0.2) is 6.29 Å². The fourth-order valence-electron chi connectivity index (χ4n) is 14.0. The fraction of sp³-hybridized carbons (Fsp3) is 0.908. The second-order valence-electron chi connectivity index (χ2n) is 30.2. The smallest absolute Gasteiger partial charge is 0.305 e. The van der Waals surface area contributed by atoms with Crippen molar-refractivity contribution >= 4 is 11.9 Å². The molecule has 7 unspecified atom stereocenters. The van der Waals surface area contributed by atoms with Crippen LogP contribution in [0.5, 0.6) is 0 Å². The van der Waals surface area contributed by atoms with Crippen molar-refractivity contribution in [1.29, 1.82) is 0 Å². The van der Waals surface area contributed by atoms with Crippen molar-refractivity contribution in [1.82, 2.24) is 5.32 Å². The van der Waals surface area contributed by atoms with Gasteiger partial charge >= 0.3 is 5.97 Å². The van der Waals surface area contributed by atoms with E-state index >= 15 is 0 Å². The summed E-state index contributed by atoms with van der Waals surface area (Å²) in [5, 5.41) is 54.5. The van der Waals surface area contributed by atoms with Crippen LogP contribution in [0.1, 0.15) is 444 Å². The van der Waals surface area contributed by atoms with Gasteiger partial charge in [0.1, 0.15) is 24.4 Å². The summed E-state index contributed by atoms with van der Waals surface area (Å²) in [4.78, 5) is 25.2. The van der Waals surface area contributed by atoms with Crippen LogP contribution in [0.25, 0.3) is 0 Å². The molecule has 1 heterocycles. The monoisotopic (exact) mass is 1380 g/mol. The Balaban J connectivity index is 1.85. The molecule has 578 valence electrons. The first-order valence-electron chi connectivity index (χ1n) is 43.3. The van der Waals surface area contributed by atoms with Crippen molar-refractivity contribution in [2.75, 3.05) is 19.8 Å². The molecule has 1 aliphatic heterocycles. The number of rotatable bonds is 78. The lowest BCUT2D eigenvalue weighted by molar-refractivity contribution is -0.302. The molecule has 0 spiro atoms. The lowest BCUT2D eigenvalue weighted by Gasteiger charge is -2.40. The molecule has 0 aromatic rings. The van der Waals surface area contributed by atoms with Crippen molar-refractivity contribution in [2.45, 2.75) is 487 Å². The van der Waals surface area contributed by atoms with E-state index in [4.69, 9.17) is 14.2 Å². The van der Waals surface area contributed by atoms with E-state index in [9.17, 15) is 35.1 Å². The average molecular weight is 1390 g/mol. The Kier molecular flexibility index (Phi) is 72.8. The third kappa shape index (κ3) is 63.6. The second kappa shape index (κ2) is 76.0. The van der Waals surface area contributed by atoms with Crippen LogP contribution in [-0.2, 0) is 23.8 Å². The molecule has 11 heteroatoms.